The molecule has 2 aromatic carbocycles. The molecular weight excluding hydrogens is 472 g/mol. The standard InChI is InChI=1S/C21H23BrN2O5S/c1-15-13-17(5-6-18(15)22)23-21(25)8-4-16-3-7-19(28-2)20(14-16)30(26,27)24-9-11-29-12-10-24/h3-8,13-14H,9-12H2,1-2H3,(H,23,25). The van der Waals surface area contributed by atoms with Gasteiger partial charge in [-0.3, -0.25) is 4.79 Å². The SMILES string of the molecule is COc1ccc(C=CC(=O)Nc2ccc(Br)c(C)c2)cc1S(=O)(=O)N1CCOCC1. The van der Waals surface area contributed by atoms with Gasteiger partial charge in [0.05, 0.1) is 20.3 Å². The highest BCUT2D eigenvalue weighted by Gasteiger charge is 2.29. The third-order valence-electron chi connectivity index (χ3n) is 4.63. The maximum Gasteiger partial charge on any atom is 0.248 e. The number of nitrogens with one attached hydrogen (secondary N) is 1. The highest BCUT2D eigenvalue weighted by atomic mass is 79.9. The average molecular weight is 495 g/mol. The minimum absolute atomic E-state index is 0.0676. The van der Waals surface area contributed by atoms with Crippen molar-refractivity contribution in [1.29, 1.82) is 0 Å². The van der Waals surface area contributed by atoms with E-state index >= 15 is 0 Å². The quantitative estimate of drug-likeness (QED) is 0.621. The highest BCUT2D eigenvalue weighted by Crippen LogP contribution is 2.29. The Kier molecular flexibility index (Phi) is 7.30. The van der Waals surface area contributed by atoms with Crippen LogP contribution in [0.5, 0.6) is 5.75 Å². The molecule has 3 rings (SSSR count). The summed E-state index contributed by atoms with van der Waals surface area (Å²) < 4.78 is 38.9. The maximum absolute atomic E-state index is 13.0. The molecular formula is C21H23BrN2O5S. The van der Waals surface area contributed by atoms with Crippen molar-refractivity contribution in [3.05, 3.63) is 58.1 Å². The summed E-state index contributed by atoms with van der Waals surface area (Å²) in [6.45, 7) is 3.23. The van der Waals surface area contributed by atoms with Crippen molar-refractivity contribution < 1.29 is 22.7 Å². The van der Waals surface area contributed by atoms with Crippen molar-refractivity contribution in [3.8, 4) is 5.75 Å². The minimum atomic E-state index is -3.73. The molecule has 30 heavy (non-hydrogen) atoms. The van der Waals surface area contributed by atoms with Crippen LogP contribution in [0.2, 0.25) is 0 Å². The lowest BCUT2D eigenvalue weighted by Gasteiger charge is -2.26. The van der Waals surface area contributed by atoms with Gasteiger partial charge in [0.15, 0.2) is 0 Å². The number of anilines is 1. The number of methoxy groups -OCH3 is 1. The fourth-order valence-corrected chi connectivity index (χ4v) is 4.85. The molecule has 1 aliphatic heterocycles. The molecule has 1 N–H and O–H groups in total. The van der Waals surface area contributed by atoms with Gasteiger partial charge in [-0.2, -0.15) is 4.31 Å². The van der Waals surface area contributed by atoms with Crippen LogP contribution in [0.4, 0.5) is 5.69 Å². The Morgan fingerprint density at radius 1 is 1.20 bits per heavy atom. The van der Waals surface area contributed by atoms with Gasteiger partial charge in [-0.25, -0.2) is 8.42 Å². The average Bonchev–Trinajstić information content (AvgIpc) is 2.75. The number of ether oxygens (including phenoxy) is 2. The number of carbonyl (C=O) groups excluding carboxylic acids is 1. The van der Waals surface area contributed by atoms with Crippen LogP contribution in [0.3, 0.4) is 0 Å². The van der Waals surface area contributed by atoms with E-state index in [2.05, 4.69) is 21.2 Å². The first-order chi connectivity index (χ1) is 14.3. The fourth-order valence-electron chi connectivity index (χ4n) is 3.00. The Bertz CT molecular complexity index is 1060. The van der Waals surface area contributed by atoms with Gasteiger partial charge in [-0.15, -0.1) is 0 Å². The lowest BCUT2D eigenvalue weighted by molar-refractivity contribution is -0.111. The number of morpholine rings is 1. The Morgan fingerprint density at radius 2 is 1.93 bits per heavy atom. The number of hydrogen-bond donors (Lipinski definition) is 1. The predicted molar refractivity (Wildman–Crippen MR) is 119 cm³/mol. The second-order valence-electron chi connectivity index (χ2n) is 6.71. The van der Waals surface area contributed by atoms with E-state index in [0.29, 0.717) is 37.6 Å². The Morgan fingerprint density at radius 3 is 2.60 bits per heavy atom. The van der Waals surface area contributed by atoms with Gasteiger partial charge in [-0.05, 0) is 54.5 Å². The number of amides is 1. The van der Waals surface area contributed by atoms with E-state index in [-0.39, 0.29) is 16.6 Å². The summed E-state index contributed by atoms with van der Waals surface area (Å²) in [7, 11) is -2.31. The normalized spacial score (nSPS) is 15.3. The summed E-state index contributed by atoms with van der Waals surface area (Å²) in [6.07, 6.45) is 2.93. The smallest absolute Gasteiger partial charge is 0.248 e. The molecule has 0 unspecified atom stereocenters. The van der Waals surface area contributed by atoms with E-state index in [1.165, 1.54) is 23.6 Å². The highest BCUT2D eigenvalue weighted by molar-refractivity contribution is 9.10. The lowest BCUT2D eigenvalue weighted by atomic mass is 10.2. The van der Waals surface area contributed by atoms with Crippen LogP contribution in [0.25, 0.3) is 6.08 Å². The summed E-state index contributed by atoms with van der Waals surface area (Å²) in [4.78, 5) is 12.3. The topological polar surface area (TPSA) is 84.9 Å². The van der Waals surface area contributed by atoms with Crippen molar-refractivity contribution in [1.82, 2.24) is 4.31 Å². The molecule has 0 saturated carbocycles. The molecule has 0 atom stereocenters. The molecule has 1 amide bonds. The van der Waals surface area contributed by atoms with Gasteiger partial charge < -0.3 is 14.8 Å². The Labute approximate surface area is 184 Å². The van der Waals surface area contributed by atoms with Crippen molar-refractivity contribution in [2.45, 2.75) is 11.8 Å². The maximum atomic E-state index is 13.0. The zero-order valence-corrected chi connectivity index (χ0v) is 19.1. The first-order valence-electron chi connectivity index (χ1n) is 9.32. The fraction of sp³-hybridized carbons (Fsp3) is 0.286. The van der Waals surface area contributed by atoms with Crippen LogP contribution >= 0.6 is 15.9 Å². The molecule has 1 saturated heterocycles. The van der Waals surface area contributed by atoms with Gasteiger partial charge in [0.25, 0.3) is 0 Å². The summed E-state index contributed by atoms with van der Waals surface area (Å²) in [5.74, 6) is -0.0569. The molecule has 1 fully saturated rings. The minimum Gasteiger partial charge on any atom is -0.495 e. The third-order valence-corrected chi connectivity index (χ3v) is 7.44. The third kappa shape index (κ3) is 5.28. The number of carbonyl (C=O) groups is 1. The van der Waals surface area contributed by atoms with Crippen molar-refractivity contribution in [2.24, 2.45) is 0 Å². The second-order valence-corrected chi connectivity index (χ2v) is 9.47. The molecule has 0 bridgehead atoms. The zero-order valence-electron chi connectivity index (χ0n) is 16.7. The van der Waals surface area contributed by atoms with Gasteiger partial charge in [0.2, 0.25) is 15.9 Å². The molecule has 1 aliphatic rings. The molecule has 1 heterocycles. The second kappa shape index (κ2) is 9.74. The number of benzene rings is 2. The number of aryl methyl sites for hydroxylation is 1. The van der Waals surface area contributed by atoms with Crippen molar-refractivity contribution in [3.63, 3.8) is 0 Å². The molecule has 0 spiro atoms. The molecule has 0 radical (unpaired) electrons. The summed E-state index contributed by atoms with van der Waals surface area (Å²) >= 11 is 3.42. The van der Waals surface area contributed by atoms with Gasteiger partial charge >= 0.3 is 0 Å². The van der Waals surface area contributed by atoms with Gasteiger partial charge in [0.1, 0.15) is 10.6 Å². The molecule has 9 heteroatoms. The molecule has 0 aliphatic carbocycles. The number of nitrogens with zero attached hydrogens (tertiary/aromatic N) is 1. The van der Waals surface area contributed by atoms with Crippen LogP contribution < -0.4 is 10.1 Å². The monoisotopic (exact) mass is 494 g/mol. The zero-order chi connectivity index (χ0) is 21.7. The number of sulfonamides is 1. The Balaban J connectivity index is 1.80. The van der Waals surface area contributed by atoms with Gasteiger partial charge in [-0.1, -0.05) is 22.0 Å². The first kappa shape index (κ1) is 22.5. The van der Waals surface area contributed by atoms with E-state index in [0.717, 1.165) is 10.0 Å². The van der Waals surface area contributed by atoms with E-state index in [9.17, 15) is 13.2 Å². The summed E-state index contributed by atoms with van der Waals surface area (Å²) in [5.41, 5.74) is 2.25. The van der Waals surface area contributed by atoms with E-state index in [4.69, 9.17) is 9.47 Å². The van der Waals surface area contributed by atoms with E-state index < -0.39 is 10.0 Å². The lowest BCUT2D eigenvalue weighted by Crippen LogP contribution is -2.40. The molecule has 160 valence electrons. The number of halogens is 1. The van der Waals surface area contributed by atoms with Crippen molar-refractivity contribution >= 4 is 43.6 Å². The first-order valence-corrected chi connectivity index (χ1v) is 11.6. The van der Waals surface area contributed by atoms with Crippen LogP contribution in [0, 0.1) is 6.92 Å². The molecule has 7 nitrogen and oxygen atoms in total. The van der Waals surface area contributed by atoms with E-state index in [1.807, 2.05) is 19.1 Å². The predicted octanol–water partition coefficient (Wildman–Crippen LogP) is 3.44. The number of hydrogen-bond acceptors (Lipinski definition) is 5. The summed E-state index contributed by atoms with van der Waals surface area (Å²) in [6, 6.07) is 10.3. The Hall–Kier alpha value is -2.20. The van der Waals surface area contributed by atoms with E-state index in [1.54, 1.807) is 24.3 Å². The van der Waals surface area contributed by atoms with Gasteiger partial charge in [0, 0.05) is 29.3 Å². The van der Waals surface area contributed by atoms with Crippen LogP contribution in [-0.2, 0) is 19.6 Å². The summed E-state index contributed by atoms with van der Waals surface area (Å²) in [5, 5.41) is 2.79. The van der Waals surface area contributed by atoms with Crippen LogP contribution in [0.15, 0.2) is 51.8 Å². The van der Waals surface area contributed by atoms with Crippen LogP contribution in [0.1, 0.15) is 11.1 Å². The van der Waals surface area contributed by atoms with Crippen LogP contribution in [-0.4, -0.2) is 52.0 Å². The largest absolute Gasteiger partial charge is 0.495 e. The molecule has 0 aromatic heterocycles. The van der Waals surface area contributed by atoms with Crippen molar-refractivity contribution in [2.75, 3.05) is 38.7 Å². The number of rotatable bonds is 6. The molecule has 2 aromatic rings.